The second-order valence-electron chi connectivity index (χ2n) is 6.34. The fraction of sp³-hybridized carbons (Fsp3) is 0.238. The van der Waals surface area contributed by atoms with Crippen molar-refractivity contribution in [2.75, 3.05) is 6.61 Å². The van der Waals surface area contributed by atoms with Gasteiger partial charge in [0.1, 0.15) is 11.6 Å². The summed E-state index contributed by atoms with van der Waals surface area (Å²) < 4.78 is 31.7. The molecule has 1 aliphatic rings. The Morgan fingerprint density at radius 3 is 2.44 bits per heavy atom. The van der Waals surface area contributed by atoms with Crippen LogP contribution >= 0.6 is 0 Å². The van der Waals surface area contributed by atoms with Crippen LogP contribution in [-0.4, -0.2) is 29.4 Å². The monoisotopic (exact) mass is 371 g/mol. The van der Waals surface area contributed by atoms with Gasteiger partial charge in [0.05, 0.1) is 0 Å². The summed E-state index contributed by atoms with van der Waals surface area (Å²) in [6, 6.07) is 12.0. The topological polar surface area (TPSA) is 46.6 Å². The molecule has 0 atom stereocenters. The molecule has 0 spiro atoms. The van der Waals surface area contributed by atoms with Gasteiger partial charge in [0.2, 0.25) is 0 Å². The summed E-state index contributed by atoms with van der Waals surface area (Å²) in [6.07, 6.45) is 4.38. The van der Waals surface area contributed by atoms with E-state index in [2.05, 4.69) is 0 Å². The number of hydrogen-bond acceptors (Lipinski definition) is 3. The molecule has 1 amide bonds. The number of hydrogen-bond donors (Lipinski definition) is 0. The fourth-order valence-corrected chi connectivity index (χ4v) is 2.62. The number of nitrogens with zero attached hydrogens (tertiary/aromatic N) is 1. The lowest BCUT2D eigenvalue weighted by molar-refractivity contribution is -0.148. The summed E-state index contributed by atoms with van der Waals surface area (Å²) in [5.74, 6) is -1.76. The maximum atomic E-state index is 13.8. The molecule has 3 rings (SSSR count). The van der Waals surface area contributed by atoms with Crippen LogP contribution in [0.5, 0.6) is 0 Å². The lowest BCUT2D eigenvalue weighted by atomic mass is 10.2. The van der Waals surface area contributed by atoms with Crippen molar-refractivity contribution in [1.82, 2.24) is 4.90 Å². The van der Waals surface area contributed by atoms with Gasteiger partial charge in [0, 0.05) is 24.2 Å². The first-order valence-corrected chi connectivity index (χ1v) is 8.66. The molecule has 27 heavy (non-hydrogen) atoms. The zero-order valence-corrected chi connectivity index (χ0v) is 14.6. The lowest BCUT2D eigenvalue weighted by Crippen LogP contribution is -2.36. The predicted octanol–water partition coefficient (Wildman–Crippen LogP) is 3.71. The second kappa shape index (κ2) is 8.58. The molecule has 0 aliphatic heterocycles. The zero-order valence-electron chi connectivity index (χ0n) is 14.6. The van der Waals surface area contributed by atoms with Gasteiger partial charge in [-0.1, -0.05) is 30.3 Å². The molecule has 6 heteroatoms. The number of rotatable bonds is 7. The number of carbonyl (C=O) groups excluding carboxylic acids is 2. The van der Waals surface area contributed by atoms with Gasteiger partial charge in [0.25, 0.3) is 5.91 Å². The smallest absolute Gasteiger partial charge is 0.331 e. The van der Waals surface area contributed by atoms with E-state index < -0.39 is 12.6 Å². The molecule has 140 valence electrons. The van der Waals surface area contributed by atoms with Crippen LogP contribution in [0.2, 0.25) is 0 Å². The molecule has 0 saturated heterocycles. The first kappa shape index (κ1) is 18.8. The quantitative estimate of drug-likeness (QED) is 0.551. The van der Waals surface area contributed by atoms with E-state index in [1.807, 2.05) is 0 Å². The van der Waals surface area contributed by atoms with E-state index in [4.69, 9.17) is 4.74 Å². The highest BCUT2D eigenvalue weighted by atomic mass is 19.1. The Morgan fingerprint density at radius 2 is 1.78 bits per heavy atom. The Balaban J connectivity index is 1.54. The Kier molecular flexibility index (Phi) is 5.96. The Hall–Kier alpha value is -3.02. The third kappa shape index (κ3) is 5.48. The molecule has 1 fully saturated rings. The van der Waals surface area contributed by atoms with Crippen LogP contribution in [0.15, 0.2) is 54.6 Å². The van der Waals surface area contributed by atoms with Gasteiger partial charge in [-0.2, -0.15) is 0 Å². The van der Waals surface area contributed by atoms with Crippen LogP contribution in [0.1, 0.15) is 24.0 Å². The van der Waals surface area contributed by atoms with Crippen LogP contribution in [0, 0.1) is 11.6 Å². The zero-order chi connectivity index (χ0) is 19.2. The number of carbonyl (C=O) groups is 2. The van der Waals surface area contributed by atoms with E-state index in [-0.39, 0.29) is 30.1 Å². The van der Waals surface area contributed by atoms with Crippen molar-refractivity contribution in [3.8, 4) is 0 Å². The molecule has 0 N–H and O–H groups in total. The Labute approximate surface area is 156 Å². The first-order chi connectivity index (χ1) is 13.0. The van der Waals surface area contributed by atoms with Crippen molar-refractivity contribution in [1.29, 1.82) is 0 Å². The molecule has 0 bridgehead atoms. The SMILES string of the molecule is O=C(/C=C/c1ccc(F)cc1)OCC(=O)N(Cc1ccccc1F)C1CC1. The minimum Gasteiger partial charge on any atom is -0.452 e. The number of benzene rings is 2. The molecule has 0 radical (unpaired) electrons. The summed E-state index contributed by atoms with van der Waals surface area (Å²) in [7, 11) is 0. The minimum absolute atomic E-state index is 0.0607. The van der Waals surface area contributed by atoms with Crippen LogP contribution in [0.25, 0.3) is 6.08 Å². The average molecular weight is 371 g/mol. The summed E-state index contributed by atoms with van der Waals surface area (Å²) in [6.45, 7) is -0.253. The number of esters is 1. The maximum Gasteiger partial charge on any atom is 0.331 e. The molecule has 1 aliphatic carbocycles. The summed E-state index contributed by atoms with van der Waals surface area (Å²) in [5.41, 5.74) is 1.07. The number of amides is 1. The largest absolute Gasteiger partial charge is 0.452 e. The highest BCUT2D eigenvalue weighted by Crippen LogP contribution is 2.29. The van der Waals surface area contributed by atoms with Crippen molar-refractivity contribution >= 4 is 18.0 Å². The Bertz CT molecular complexity index is 845. The van der Waals surface area contributed by atoms with Crippen LogP contribution in [0.4, 0.5) is 8.78 Å². The third-order valence-corrected chi connectivity index (χ3v) is 4.23. The molecule has 2 aromatic carbocycles. The highest BCUT2D eigenvalue weighted by molar-refractivity contribution is 5.89. The van der Waals surface area contributed by atoms with Gasteiger partial charge in [-0.15, -0.1) is 0 Å². The van der Waals surface area contributed by atoms with E-state index in [0.29, 0.717) is 11.1 Å². The van der Waals surface area contributed by atoms with Crippen molar-refractivity contribution in [3.05, 3.63) is 77.4 Å². The maximum absolute atomic E-state index is 13.8. The van der Waals surface area contributed by atoms with Crippen molar-refractivity contribution < 1.29 is 23.1 Å². The van der Waals surface area contributed by atoms with Crippen LogP contribution < -0.4 is 0 Å². The van der Waals surface area contributed by atoms with Crippen molar-refractivity contribution in [2.24, 2.45) is 0 Å². The van der Waals surface area contributed by atoms with Crippen LogP contribution in [0.3, 0.4) is 0 Å². The predicted molar refractivity (Wildman–Crippen MR) is 96.4 cm³/mol. The van der Waals surface area contributed by atoms with Crippen molar-refractivity contribution in [2.45, 2.75) is 25.4 Å². The number of ether oxygens (including phenoxy) is 1. The Morgan fingerprint density at radius 1 is 1.07 bits per heavy atom. The van der Waals surface area contributed by atoms with E-state index in [1.165, 1.54) is 42.5 Å². The van der Waals surface area contributed by atoms with Crippen molar-refractivity contribution in [3.63, 3.8) is 0 Å². The third-order valence-electron chi connectivity index (χ3n) is 4.23. The normalized spacial score (nSPS) is 13.6. The van der Waals surface area contributed by atoms with Gasteiger partial charge in [0.15, 0.2) is 6.61 Å². The molecule has 4 nitrogen and oxygen atoms in total. The molecular weight excluding hydrogens is 352 g/mol. The van der Waals surface area contributed by atoms with E-state index in [9.17, 15) is 18.4 Å². The second-order valence-corrected chi connectivity index (χ2v) is 6.34. The number of halogens is 2. The van der Waals surface area contributed by atoms with E-state index in [0.717, 1.165) is 12.8 Å². The van der Waals surface area contributed by atoms with Gasteiger partial charge in [-0.25, -0.2) is 13.6 Å². The molecule has 0 aromatic heterocycles. The highest BCUT2D eigenvalue weighted by Gasteiger charge is 2.33. The van der Waals surface area contributed by atoms with Gasteiger partial charge in [-0.05, 0) is 42.7 Å². The first-order valence-electron chi connectivity index (χ1n) is 8.66. The molecule has 1 saturated carbocycles. The van der Waals surface area contributed by atoms with Gasteiger partial charge >= 0.3 is 5.97 Å². The summed E-state index contributed by atoms with van der Waals surface area (Å²) >= 11 is 0. The summed E-state index contributed by atoms with van der Waals surface area (Å²) in [5, 5.41) is 0. The lowest BCUT2D eigenvalue weighted by Gasteiger charge is -2.22. The van der Waals surface area contributed by atoms with Gasteiger partial charge < -0.3 is 9.64 Å². The molecular formula is C21H19F2NO3. The molecule has 0 unspecified atom stereocenters. The molecule has 2 aromatic rings. The van der Waals surface area contributed by atoms with E-state index in [1.54, 1.807) is 23.1 Å². The van der Waals surface area contributed by atoms with E-state index >= 15 is 0 Å². The molecule has 0 heterocycles. The standard InChI is InChI=1S/C21H19F2NO3/c22-17-8-5-15(6-9-17)7-12-21(26)27-14-20(25)24(18-10-11-18)13-16-3-1-2-4-19(16)23/h1-9,12,18H,10-11,13-14H2/b12-7+. The summed E-state index contributed by atoms with van der Waals surface area (Å²) in [4.78, 5) is 25.8. The fourth-order valence-electron chi connectivity index (χ4n) is 2.62. The van der Waals surface area contributed by atoms with Crippen LogP contribution in [-0.2, 0) is 20.9 Å². The average Bonchev–Trinajstić information content (AvgIpc) is 3.50. The minimum atomic E-state index is -0.672. The van der Waals surface area contributed by atoms with Gasteiger partial charge in [-0.3, -0.25) is 4.79 Å².